The van der Waals surface area contributed by atoms with Gasteiger partial charge in [0, 0.05) is 31.7 Å². The molecular formula is C19H22N6O. The lowest BCUT2D eigenvalue weighted by atomic mass is 10.2. The Morgan fingerprint density at radius 1 is 1.23 bits per heavy atom. The van der Waals surface area contributed by atoms with Gasteiger partial charge in [0.15, 0.2) is 17.0 Å². The summed E-state index contributed by atoms with van der Waals surface area (Å²) >= 11 is 0. The van der Waals surface area contributed by atoms with Crippen molar-refractivity contribution in [2.24, 2.45) is 0 Å². The highest BCUT2D eigenvalue weighted by atomic mass is 16.2. The van der Waals surface area contributed by atoms with Crippen LogP contribution in [0, 0.1) is 6.92 Å². The Hall–Kier alpha value is -2.96. The summed E-state index contributed by atoms with van der Waals surface area (Å²) in [4.78, 5) is 26.8. The molecular weight excluding hydrogens is 328 g/mol. The van der Waals surface area contributed by atoms with Gasteiger partial charge >= 0.3 is 0 Å². The third-order valence-electron chi connectivity index (χ3n) is 4.68. The van der Waals surface area contributed by atoms with Crippen LogP contribution in [0.5, 0.6) is 0 Å². The standard InChI is InChI=1S/C19H22N6O/c1-14-5-2-6-15(11-14)25-13-23-17-18(21-12-22-19(17)25)20-8-4-10-24-9-3-7-16(24)26/h2,5-6,11-13H,3-4,7-10H2,1H3,(H,20,21,22). The van der Waals surface area contributed by atoms with Crippen molar-refractivity contribution in [3.05, 3.63) is 42.5 Å². The molecule has 134 valence electrons. The van der Waals surface area contributed by atoms with Crippen molar-refractivity contribution in [1.29, 1.82) is 0 Å². The molecule has 3 aromatic rings. The summed E-state index contributed by atoms with van der Waals surface area (Å²) in [6, 6.07) is 8.23. The van der Waals surface area contributed by atoms with Crippen LogP contribution >= 0.6 is 0 Å². The first-order valence-electron chi connectivity index (χ1n) is 8.99. The number of carbonyl (C=O) groups is 1. The number of fused-ring (bicyclic) bond motifs is 1. The molecule has 1 N–H and O–H groups in total. The molecule has 3 heterocycles. The molecule has 0 spiro atoms. The number of nitrogens with zero attached hydrogens (tertiary/aromatic N) is 5. The minimum atomic E-state index is 0.270. The third kappa shape index (κ3) is 3.24. The van der Waals surface area contributed by atoms with Gasteiger partial charge in [-0.1, -0.05) is 12.1 Å². The minimum Gasteiger partial charge on any atom is -0.368 e. The molecule has 4 rings (SSSR count). The van der Waals surface area contributed by atoms with E-state index < -0.39 is 0 Å². The first-order chi connectivity index (χ1) is 12.7. The topological polar surface area (TPSA) is 75.9 Å². The van der Waals surface area contributed by atoms with Gasteiger partial charge in [-0.3, -0.25) is 9.36 Å². The fraction of sp³-hybridized carbons (Fsp3) is 0.368. The number of anilines is 1. The second-order valence-corrected chi connectivity index (χ2v) is 6.61. The molecule has 7 nitrogen and oxygen atoms in total. The molecule has 1 aliphatic heterocycles. The Labute approximate surface area is 152 Å². The third-order valence-corrected chi connectivity index (χ3v) is 4.68. The van der Waals surface area contributed by atoms with Gasteiger partial charge in [0.2, 0.25) is 5.91 Å². The average molecular weight is 350 g/mol. The quantitative estimate of drug-likeness (QED) is 0.692. The molecule has 7 heteroatoms. The predicted molar refractivity (Wildman–Crippen MR) is 100 cm³/mol. The number of nitrogens with one attached hydrogen (secondary N) is 1. The molecule has 1 amide bonds. The fourth-order valence-electron chi connectivity index (χ4n) is 3.35. The number of rotatable bonds is 6. The Balaban J connectivity index is 1.47. The van der Waals surface area contributed by atoms with Crippen molar-refractivity contribution in [2.45, 2.75) is 26.2 Å². The van der Waals surface area contributed by atoms with E-state index in [9.17, 15) is 4.79 Å². The van der Waals surface area contributed by atoms with Crippen molar-refractivity contribution in [3.63, 3.8) is 0 Å². The van der Waals surface area contributed by atoms with Crippen molar-refractivity contribution >= 4 is 22.9 Å². The van der Waals surface area contributed by atoms with Crippen LogP contribution in [0.4, 0.5) is 5.82 Å². The predicted octanol–water partition coefficient (Wildman–Crippen LogP) is 2.55. The Kier molecular flexibility index (Phi) is 4.51. The van der Waals surface area contributed by atoms with Gasteiger partial charge in [-0.15, -0.1) is 0 Å². The van der Waals surface area contributed by atoms with Crippen molar-refractivity contribution in [2.75, 3.05) is 25.0 Å². The zero-order valence-electron chi connectivity index (χ0n) is 14.9. The first kappa shape index (κ1) is 16.5. The molecule has 1 aliphatic rings. The van der Waals surface area contributed by atoms with Gasteiger partial charge in [0.25, 0.3) is 0 Å². The number of aryl methyl sites for hydroxylation is 1. The maximum atomic E-state index is 11.6. The summed E-state index contributed by atoms with van der Waals surface area (Å²) in [6.07, 6.45) is 5.90. The second-order valence-electron chi connectivity index (χ2n) is 6.61. The van der Waals surface area contributed by atoms with E-state index >= 15 is 0 Å². The molecule has 2 aromatic heterocycles. The van der Waals surface area contributed by atoms with Gasteiger partial charge in [0.05, 0.1) is 0 Å². The van der Waals surface area contributed by atoms with Crippen molar-refractivity contribution in [3.8, 4) is 5.69 Å². The van der Waals surface area contributed by atoms with Crippen LogP contribution in [0.15, 0.2) is 36.9 Å². The largest absolute Gasteiger partial charge is 0.368 e. The van der Waals surface area contributed by atoms with E-state index in [1.807, 2.05) is 21.6 Å². The van der Waals surface area contributed by atoms with Crippen LogP contribution in [-0.2, 0) is 4.79 Å². The van der Waals surface area contributed by atoms with E-state index in [2.05, 4.69) is 39.3 Å². The maximum Gasteiger partial charge on any atom is 0.222 e. The van der Waals surface area contributed by atoms with Crippen molar-refractivity contribution in [1.82, 2.24) is 24.4 Å². The smallest absolute Gasteiger partial charge is 0.222 e. The molecule has 0 bridgehead atoms. The second kappa shape index (κ2) is 7.11. The zero-order valence-corrected chi connectivity index (χ0v) is 14.9. The lowest BCUT2D eigenvalue weighted by Gasteiger charge is -2.15. The highest BCUT2D eigenvalue weighted by Gasteiger charge is 2.19. The summed E-state index contributed by atoms with van der Waals surface area (Å²) in [5.74, 6) is 1.00. The number of carbonyl (C=O) groups excluding carboxylic acids is 1. The van der Waals surface area contributed by atoms with Gasteiger partial charge < -0.3 is 10.2 Å². The maximum absolute atomic E-state index is 11.6. The molecule has 26 heavy (non-hydrogen) atoms. The van der Waals surface area contributed by atoms with Crippen LogP contribution in [0.3, 0.4) is 0 Å². The van der Waals surface area contributed by atoms with E-state index in [4.69, 9.17) is 0 Å². The monoisotopic (exact) mass is 350 g/mol. The normalized spacial score (nSPS) is 14.3. The minimum absolute atomic E-state index is 0.270. The van der Waals surface area contributed by atoms with Gasteiger partial charge in [0.1, 0.15) is 12.7 Å². The van der Waals surface area contributed by atoms with E-state index in [1.165, 1.54) is 5.56 Å². The van der Waals surface area contributed by atoms with E-state index in [-0.39, 0.29) is 5.91 Å². The molecule has 1 aromatic carbocycles. The summed E-state index contributed by atoms with van der Waals surface area (Å²) in [7, 11) is 0. The fourth-order valence-corrected chi connectivity index (χ4v) is 3.35. The number of benzene rings is 1. The number of imidazole rings is 1. The summed E-state index contributed by atoms with van der Waals surface area (Å²) in [5.41, 5.74) is 3.76. The van der Waals surface area contributed by atoms with Gasteiger partial charge in [-0.2, -0.15) is 0 Å². The Bertz CT molecular complexity index is 935. The van der Waals surface area contributed by atoms with Crippen molar-refractivity contribution < 1.29 is 4.79 Å². The molecule has 1 fully saturated rings. The summed E-state index contributed by atoms with van der Waals surface area (Å²) in [5, 5.41) is 3.34. The first-order valence-corrected chi connectivity index (χ1v) is 8.99. The molecule has 0 saturated carbocycles. The summed E-state index contributed by atoms with van der Waals surface area (Å²) < 4.78 is 1.97. The number of hydrogen-bond acceptors (Lipinski definition) is 5. The zero-order chi connectivity index (χ0) is 17.9. The average Bonchev–Trinajstić information content (AvgIpc) is 3.25. The van der Waals surface area contributed by atoms with Gasteiger partial charge in [-0.05, 0) is 37.5 Å². The Morgan fingerprint density at radius 3 is 2.96 bits per heavy atom. The highest BCUT2D eigenvalue weighted by molar-refractivity contribution is 5.84. The molecule has 0 radical (unpaired) electrons. The van der Waals surface area contributed by atoms with Crippen LogP contribution in [0.25, 0.3) is 16.9 Å². The number of hydrogen-bond donors (Lipinski definition) is 1. The lowest BCUT2D eigenvalue weighted by Crippen LogP contribution is -2.27. The molecule has 0 aliphatic carbocycles. The van der Waals surface area contributed by atoms with Crippen LogP contribution < -0.4 is 5.32 Å². The number of aromatic nitrogens is 4. The van der Waals surface area contributed by atoms with E-state index in [0.29, 0.717) is 6.42 Å². The van der Waals surface area contributed by atoms with Crippen LogP contribution in [0.2, 0.25) is 0 Å². The molecule has 1 saturated heterocycles. The number of amides is 1. The molecule has 0 atom stereocenters. The number of likely N-dealkylation sites (tertiary alicyclic amines) is 1. The van der Waals surface area contributed by atoms with Crippen LogP contribution in [-0.4, -0.2) is 50.0 Å². The SMILES string of the molecule is Cc1cccc(-n2cnc3c(NCCCN4CCCC4=O)ncnc32)c1. The molecule has 0 unspecified atom stereocenters. The lowest BCUT2D eigenvalue weighted by molar-refractivity contribution is -0.127. The Morgan fingerprint density at radius 2 is 2.15 bits per heavy atom. The van der Waals surface area contributed by atoms with Crippen LogP contribution in [0.1, 0.15) is 24.8 Å². The van der Waals surface area contributed by atoms with E-state index in [0.717, 1.165) is 55.1 Å². The summed E-state index contributed by atoms with van der Waals surface area (Å²) in [6.45, 7) is 4.48. The highest BCUT2D eigenvalue weighted by Crippen LogP contribution is 2.21. The van der Waals surface area contributed by atoms with E-state index in [1.54, 1.807) is 12.7 Å². The van der Waals surface area contributed by atoms with Gasteiger partial charge in [-0.25, -0.2) is 15.0 Å².